The smallest absolute Gasteiger partial charge is 0.340 e. The topological polar surface area (TPSA) is 70.8 Å². The molecule has 0 atom stereocenters. The Kier molecular flexibility index (Phi) is 4.60. The van der Waals surface area contributed by atoms with Crippen LogP contribution < -0.4 is 10.5 Å². The minimum atomic E-state index is -0.478. The lowest BCUT2D eigenvalue weighted by atomic mass is 10.1. The minimum absolute atomic E-state index is 0.200. The summed E-state index contributed by atoms with van der Waals surface area (Å²) in [6, 6.07) is 4.95. The highest BCUT2D eigenvalue weighted by Gasteiger charge is 2.13. The van der Waals surface area contributed by atoms with Gasteiger partial charge in [-0.3, -0.25) is 0 Å². The molecule has 0 spiro atoms. The van der Waals surface area contributed by atoms with E-state index in [1.54, 1.807) is 18.2 Å². The van der Waals surface area contributed by atoms with Crippen LogP contribution in [0.25, 0.3) is 0 Å². The molecule has 16 heavy (non-hydrogen) atoms. The van der Waals surface area contributed by atoms with Crippen molar-refractivity contribution in [3.8, 4) is 5.75 Å². The average Bonchev–Trinajstić information content (AvgIpc) is 2.29. The fraction of sp³-hybridized carbons (Fsp3) is 0.364. The van der Waals surface area contributed by atoms with Crippen LogP contribution >= 0.6 is 0 Å². The molecule has 5 nitrogen and oxygen atoms in total. The summed E-state index contributed by atoms with van der Waals surface area (Å²) < 4.78 is 14.7. The SMILES string of the molecule is COCCOC(=O)c1cccc(OC)c1N. The minimum Gasteiger partial charge on any atom is -0.495 e. The first-order valence-electron chi connectivity index (χ1n) is 4.79. The second-order valence-corrected chi connectivity index (χ2v) is 3.05. The molecule has 0 aliphatic heterocycles. The van der Waals surface area contributed by atoms with E-state index in [1.165, 1.54) is 14.2 Å². The molecular weight excluding hydrogens is 210 g/mol. The van der Waals surface area contributed by atoms with E-state index in [0.29, 0.717) is 17.9 Å². The highest BCUT2D eigenvalue weighted by Crippen LogP contribution is 2.25. The quantitative estimate of drug-likeness (QED) is 0.461. The largest absolute Gasteiger partial charge is 0.495 e. The molecule has 1 rings (SSSR count). The number of carbonyl (C=O) groups excluding carboxylic acids is 1. The van der Waals surface area contributed by atoms with Crippen LogP contribution in [-0.4, -0.2) is 33.4 Å². The summed E-state index contributed by atoms with van der Waals surface area (Å²) in [7, 11) is 3.03. The number of rotatable bonds is 5. The van der Waals surface area contributed by atoms with Gasteiger partial charge in [-0.15, -0.1) is 0 Å². The molecule has 0 aromatic heterocycles. The van der Waals surface area contributed by atoms with Gasteiger partial charge >= 0.3 is 5.97 Å². The third kappa shape index (κ3) is 2.87. The molecule has 0 aliphatic carbocycles. The van der Waals surface area contributed by atoms with E-state index in [9.17, 15) is 4.79 Å². The van der Waals surface area contributed by atoms with Crippen LogP contribution in [0, 0.1) is 0 Å². The zero-order valence-electron chi connectivity index (χ0n) is 9.36. The first-order valence-corrected chi connectivity index (χ1v) is 4.79. The molecule has 88 valence electrons. The number of methoxy groups -OCH3 is 2. The van der Waals surface area contributed by atoms with Crippen LogP contribution in [0.2, 0.25) is 0 Å². The van der Waals surface area contributed by atoms with Gasteiger partial charge in [-0.05, 0) is 12.1 Å². The highest BCUT2D eigenvalue weighted by molar-refractivity contribution is 5.96. The van der Waals surface area contributed by atoms with Crippen molar-refractivity contribution >= 4 is 11.7 Å². The van der Waals surface area contributed by atoms with Crippen molar-refractivity contribution in [2.45, 2.75) is 0 Å². The van der Waals surface area contributed by atoms with E-state index < -0.39 is 5.97 Å². The number of nitrogen functional groups attached to an aromatic ring is 1. The normalized spacial score (nSPS) is 9.88. The molecule has 0 radical (unpaired) electrons. The summed E-state index contributed by atoms with van der Waals surface area (Å²) in [5.41, 5.74) is 6.33. The highest BCUT2D eigenvalue weighted by atomic mass is 16.6. The van der Waals surface area contributed by atoms with Crippen molar-refractivity contribution in [2.24, 2.45) is 0 Å². The Hall–Kier alpha value is -1.75. The van der Waals surface area contributed by atoms with Gasteiger partial charge in [0.2, 0.25) is 0 Å². The number of esters is 1. The van der Waals surface area contributed by atoms with Gasteiger partial charge in [0.15, 0.2) is 0 Å². The van der Waals surface area contributed by atoms with Gasteiger partial charge in [-0.25, -0.2) is 4.79 Å². The third-order valence-corrected chi connectivity index (χ3v) is 2.03. The number of hydrogen-bond donors (Lipinski definition) is 1. The van der Waals surface area contributed by atoms with Gasteiger partial charge in [-0.1, -0.05) is 6.07 Å². The van der Waals surface area contributed by atoms with Gasteiger partial charge in [-0.2, -0.15) is 0 Å². The molecule has 0 unspecified atom stereocenters. The molecule has 0 saturated carbocycles. The molecule has 0 aliphatic rings. The van der Waals surface area contributed by atoms with Crippen LogP contribution in [-0.2, 0) is 9.47 Å². The maximum absolute atomic E-state index is 11.6. The summed E-state index contributed by atoms with van der Waals surface area (Å²) in [6.45, 7) is 0.557. The Labute approximate surface area is 94.1 Å². The van der Waals surface area contributed by atoms with E-state index in [-0.39, 0.29) is 12.3 Å². The molecule has 5 heteroatoms. The van der Waals surface area contributed by atoms with Crippen molar-refractivity contribution in [3.63, 3.8) is 0 Å². The molecule has 1 aromatic carbocycles. The van der Waals surface area contributed by atoms with Crippen LogP contribution in [0.3, 0.4) is 0 Å². The predicted molar refractivity (Wildman–Crippen MR) is 59.6 cm³/mol. The molecule has 0 fully saturated rings. The second-order valence-electron chi connectivity index (χ2n) is 3.05. The lowest BCUT2D eigenvalue weighted by molar-refractivity contribution is 0.0389. The number of hydrogen-bond acceptors (Lipinski definition) is 5. The number of carbonyl (C=O) groups is 1. The van der Waals surface area contributed by atoms with Gasteiger partial charge in [0.1, 0.15) is 12.4 Å². The summed E-state index contributed by atoms with van der Waals surface area (Å²) in [6.07, 6.45) is 0. The van der Waals surface area contributed by atoms with Crippen LogP contribution in [0.1, 0.15) is 10.4 Å². The Bertz CT molecular complexity index is 365. The summed E-state index contributed by atoms with van der Waals surface area (Å²) in [5, 5.41) is 0. The molecule has 0 saturated heterocycles. The summed E-state index contributed by atoms with van der Waals surface area (Å²) in [4.78, 5) is 11.6. The van der Waals surface area contributed by atoms with E-state index in [0.717, 1.165) is 0 Å². The predicted octanol–water partition coefficient (Wildman–Crippen LogP) is 1.08. The van der Waals surface area contributed by atoms with Crippen molar-refractivity contribution in [1.82, 2.24) is 0 Å². The zero-order valence-corrected chi connectivity index (χ0v) is 9.36. The van der Waals surface area contributed by atoms with E-state index >= 15 is 0 Å². The van der Waals surface area contributed by atoms with E-state index in [2.05, 4.69) is 0 Å². The van der Waals surface area contributed by atoms with E-state index in [1.807, 2.05) is 0 Å². The standard InChI is InChI=1S/C11H15NO4/c1-14-6-7-16-11(13)8-4-3-5-9(15-2)10(8)12/h3-5H,6-7,12H2,1-2H3. The Balaban J connectivity index is 2.75. The lowest BCUT2D eigenvalue weighted by Crippen LogP contribution is -2.12. The Morgan fingerprint density at radius 3 is 2.69 bits per heavy atom. The van der Waals surface area contributed by atoms with Gasteiger partial charge in [0, 0.05) is 7.11 Å². The maximum Gasteiger partial charge on any atom is 0.340 e. The van der Waals surface area contributed by atoms with Crippen LogP contribution in [0.4, 0.5) is 5.69 Å². The molecule has 2 N–H and O–H groups in total. The summed E-state index contributed by atoms with van der Waals surface area (Å²) >= 11 is 0. The van der Waals surface area contributed by atoms with Crippen LogP contribution in [0.15, 0.2) is 18.2 Å². The second kappa shape index (κ2) is 5.97. The zero-order chi connectivity index (χ0) is 12.0. The molecule has 1 aromatic rings. The third-order valence-electron chi connectivity index (χ3n) is 2.03. The number of nitrogens with two attached hydrogens (primary N) is 1. The fourth-order valence-corrected chi connectivity index (χ4v) is 1.20. The lowest BCUT2D eigenvalue weighted by Gasteiger charge is -2.09. The number of para-hydroxylation sites is 1. The number of benzene rings is 1. The molecule has 0 bridgehead atoms. The first-order chi connectivity index (χ1) is 7.70. The maximum atomic E-state index is 11.6. The average molecular weight is 225 g/mol. The fourth-order valence-electron chi connectivity index (χ4n) is 1.20. The number of ether oxygens (including phenoxy) is 3. The first kappa shape index (κ1) is 12.3. The van der Waals surface area contributed by atoms with Crippen molar-refractivity contribution in [3.05, 3.63) is 23.8 Å². The van der Waals surface area contributed by atoms with Crippen molar-refractivity contribution < 1.29 is 19.0 Å². The molecular formula is C11H15NO4. The summed E-state index contributed by atoms with van der Waals surface area (Å²) in [5.74, 6) is -0.0189. The molecule has 0 amide bonds. The van der Waals surface area contributed by atoms with Crippen molar-refractivity contribution in [1.29, 1.82) is 0 Å². The van der Waals surface area contributed by atoms with Gasteiger partial charge < -0.3 is 19.9 Å². The Morgan fingerprint density at radius 1 is 1.31 bits per heavy atom. The van der Waals surface area contributed by atoms with Gasteiger partial charge in [0.05, 0.1) is 25.0 Å². The molecule has 0 heterocycles. The van der Waals surface area contributed by atoms with Crippen molar-refractivity contribution in [2.75, 3.05) is 33.2 Å². The monoisotopic (exact) mass is 225 g/mol. The Morgan fingerprint density at radius 2 is 2.06 bits per heavy atom. The van der Waals surface area contributed by atoms with Crippen LogP contribution in [0.5, 0.6) is 5.75 Å². The van der Waals surface area contributed by atoms with Gasteiger partial charge in [0.25, 0.3) is 0 Å². The number of anilines is 1. The van der Waals surface area contributed by atoms with E-state index in [4.69, 9.17) is 19.9 Å².